The quantitative estimate of drug-likeness (QED) is 0.656. The van der Waals surface area contributed by atoms with Gasteiger partial charge in [0.15, 0.2) is 0 Å². The minimum atomic E-state index is -0.137. The van der Waals surface area contributed by atoms with Crippen molar-refractivity contribution in [1.29, 1.82) is 0 Å². The lowest BCUT2D eigenvalue weighted by atomic mass is 10.1. The summed E-state index contributed by atoms with van der Waals surface area (Å²) in [5.41, 5.74) is 1.96. The minimum Gasteiger partial charge on any atom is -0.457 e. The van der Waals surface area contributed by atoms with Crippen LogP contribution in [0.5, 0.6) is 11.5 Å². The van der Waals surface area contributed by atoms with Crippen molar-refractivity contribution in [3.8, 4) is 11.5 Å². The molecule has 1 aromatic heterocycles. The van der Waals surface area contributed by atoms with Crippen molar-refractivity contribution >= 4 is 12.0 Å². The van der Waals surface area contributed by atoms with Gasteiger partial charge in [0.05, 0.1) is 6.04 Å². The van der Waals surface area contributed by atoms with Crippen molar-refractivity contribution < 1.29 is 9.53 Å². The molecule has 26 heavy (non-hydrogen) atoms. The summed E-state index contributed by atoms with van der Waals surface area (Å²) < 4.78 is 5.81. The average Bonchev–Trinajstić information content (AvgIpc) is 2.68. The molecule has 3 aromatic rings. The van der Waals surface area contributed by atoms with Crippen molar-refractivity contribution in [3.05, 3.63) is 96.3 Å². The van der Waals surface area contributed by atoms with E-state index in [1.165, 1.54) is 0 Å². The van der Waals surface area contributed by atoms with Crippen LogP contribution in [-0.4, -0.2) is 10.9 Å². The number of nitrogens with one attached hydrogen (secondary N) is 1. The van der Waals surface area contributed by atoms with Gasteiger partial charge in [-0.3, -0.25) is 9.78 Å². The number of carbonyl (C=O) groups excluding carboxylic acids is 1. The van der Waals surface area contributed by atoms with Gasteiger partial charge in [-0.05, 0) is 48.4 Å². The number of nitrogens with zero attached hydrogens (tertiary/aromatic N) is 1. The van der Waals surface area contributed by atoms with Crippen LogP contribution in [0.3, 0.4) is 0 Å². The van der Waals surface area contributed by atoms with Gasteiger partial charge in [-0.25, -0.2) is 0 Å². The molecule has 4 heteroatoms. The molecule has 1 amide bonds. The van der Waals surface area contributed by atoms with E-state index in [9.17, 15) is 4.79 Å². The van der Waals surface area contributed by atoms with Crippen LogP contribution in [0.1, 0.15) is 24.1 Å². The number of hydrogen-bond acceptors (Lipinski definition) is 3. The molecule has 0 bridgehead atoms. The van der Waals surface area contributed by atoms with Gasteiger partial charge in [0.25, 0.3) is 0 Å². The first kappa shape index (κ1) is 17.4. The zero-order valence-electron chi connectivity index (χ0n) is 14.5. The van der Waals surface area contributed by atoms with Crippen molar-refractivity contribution in [3.63, 3.8) is 0 Å². The van der Waals surface area contributed by atoms with E-state index in [4.69, 9.17) is 4.74 Å². The standard InChI is InChI=1S/C22H20N2O2/c1-17(24-22(25)11-10-18-6-3-2-4-7-18)19-8-5-9-21(16-19)26-20-12-14-23-15-13-20/h2-17H,1H3,(H,24,25). The summed E-state index contributed by atoms with van der Waals surface area (Å²) >= 11 is 0. The Morgan fingerprint density at radius 1 is 1.00 bits per heavy atom. The number of hydrogen-bond donors (Lipinski definition) is 1. The molecular weight excluding hydrogens is 324 g/mol. The molecule has 0 radical (unpaired) electrons. The second-order valence-corrected chi connectivity index (χ2v) is 5.83. The van der Waals surface area contributed by atoms with Crippen LogP contribution < -0.4 is 10.1 Å². The molecule has 0 spiro atoms. The topological polar surface area (TPSA) is 51.2 Å². The highest BCUT2D eigenvalue weighted by Crippen LogP contribution is 2.24. The smallest absolute Gasteiger partial charge is 0.244 e. The number of amides is 1. The molecule has 1 atom stereocenters. The summed E-state index contributed by atoms with van der Waals surface area (Å²) in [4.78, 5) is 16.1. The Balaban J connectivity index is 1.62. The summed E-state index contributed by atoms with van der Waals surface area (Å²) in [7, 11) is 0. The molecule has 4 nitrogen and oxygen atoms in total. The van der Waals surface area contributed by atoms with Gasteiger partial charge < -0.3 is 10.1 Å². The van der Waals surface area contributed by atoms with Gasteiger partial charge in [-0.1, -0.05) is 42.5 Å². The van der Waals surface area contributed by atoms with Crippen LogP contribution in [0.25, 0.3) is 6.08 Å². The van der Waals surface area contributed by atoms with Gasteiger partial charge in [-0.2, -0.15) is 0 Å². The Bertz CT molecular complexity index is 877. The predicted molar refractivity (Wildman–Crippen MR) is 103 cm³/mol. The zero-order valence-corrected chi connectivity index (χ0v) is 14.5. The lowest BCUT2D eigenvalue weighted by Gasteiger charge is -2.14. The van der Waals surface area contributed by atoms with E-state index in [2.05, 4.69) is 10.3 Å². The maximum atomic E-state index is 12.1. The molecule has 3 rings (SSSR count). The summed E-state index contributed by atoms with van der Waals surface area (Å²) in [5.74, 6) is 1.30. The molecular formula is C22H20N2O2. The van der Waals surface area contributed by atoms with Crippen molar-refractivity contribution in [2.45, 2.75) is 13.0 Å². The van der Waals surface area contributed by atoms with E-state index in [-0.39, 0.29) is 11.9 Å². The summed E-state index contributed by atoms with van der Waals surface area (Å²) in [6.45, 7) is 1.94. The van der Waals surface area contributed by atoms with E-state index < -0.39 is 0 Å². The first-order chi connectivity index (χ1) is 12.7. The fourth-order valence-corrected chi connectivity index (χ4v) is 2.47. The van der Waals surface area contributed by atoms with Gasteiger partial charge in [0.2, 0.25) is 5.91 Å². The van der Waals surface area contributed by atoms with Gasteiger partial charge in [0.1, 0.15) is 11.5 Å². The highest BCUT2D eigenvalue weighted by molar-refractivity contribution is 5.91. The average molecular weight is 344 g/mol. The van der Waals surface area contributed by atoms with Crippen LogP contribution in [0.4, 0.5) is 0 Å². The maximum absolute atomic E-state index is 12.1. The summed E-state index contributed by atoms with van der Waals surface area (Å²) in [6.07, 6.45) is 6.70. The lowest BCUT2D eigenvalue weighted by Crippen LogP contribution is -2.24. The SMILES string of the molecule is CC(NC(=O)C=Cc1ccccc1)c1cccc(Oc2ccncc2)c1. The third-order valence-corrected chi connectivity index (χ3v) is 3.83. The Kier molecular flexibility index (Phi) is 5.78. The number of ether oxygens (including phenoxy) is 1. The van der Waals surface area contributed by atoms with Gasteiger partial charge >= 0.3 is 0 Å². The third kappa shape index (κ3) is 5.05. The molecule has 2 aromatic carbocycles. The molecule has 0 saturated carbocycles. The normalized spacial score (nSPS) is 11.9. The minimum absolute atomic E-state index is 0.135. The number of rotatable bonds is 6. The summed E-state index contributed by atoms with van der Waals surface area (Å²) in [5, 5.41) is 2.97. The van der Waals surface area contributed by atoms with E-state index in [0.717, 1.165) is 22.6 Å². The second-order valence-electron chi connectivity index (χ2n) is 5.83. The molecule has 0 aliphatic carbocycles. The van der Waals surface area contributed by atoms with Crippen LogP contribution in [-0.2, 0) is 4.79 Å². The predicted octanol–water partition coefficient (Wildman–Crippen LogP) is 4.76. The molecule has 0 saturated heterocycles. The third-order valence-electron chi connectivity index (χ3n) is 3.83. The molecule has 130 valence electrons. The zero-order chi connectivity index (χ0) is 18.2. The molecule has 0 aliphatic heterocycles. The van der Waals surface area contributed by atoms with E-state index in [1.54, 1.807) is 36.7 Å². The van der Waals surface area contributed by atoms with Crippen molar-refractivity contribution in [2.75, 3.05) is 0 Å². The monoisotopic (exact) mass is 344 g/mol. The first-order valence-corrected chi connectivity index (χ1v) is 8.42. The highest BCUT2D eigenvalue weighted by atomic mass is 16.5. The van der Waals surface area contributed by atoms with Crippen LogP contribution in [0.2, 0.25) is 0 Å². The van der Waals surface area contributed by atoms with Crippen molar-refractivity contribution in [1.82, 2.24) is 10.3 Å². The van der Waals surface area contributed by atoms with Crippen LogP contribution in [0.15, 0.2) is 85.2 Å². The van der Waals surface area contributed by atoms with E-state index in [1.807, 2.05) is 61.5 Å². The molecule has 0 fully saturated rings. The Hall–Kier alpha value is -3.40. The van der Waals surface area contributed by atoms with Crippen LogP contribution >= 0.6 is 0 Å². The Morgan fingerprint density at radius 3 is 2.54 bits per heavy atom. The lowest BCUT2D eigenvalue weighted by molar-refractivity contribution is -0.117. The summed E-state index contributed by atoms with van der Waals surface area (Å²) in [6, 6.07) is 20.9. The Morgan fingerprint density at radius 2 is 1.77 bits per heavy atom. The number of pyridine rings is 1. The fourth-order valence-electron chi connectivity index (χ4n) is 2.47. The Labute approximate surface area is 153 Å². The number of benzene rings is 2. The largest absolute Gasteiger partial charge is 0.457 e. The number of carbonyl (C=O) groups is 1. The fraction of sp³-hybridized carbons (Fsp3) is 0.0909. The van der Waals surface area contributed by atoms with Crippen molar-refractivity contribution in [2.24, 2.45) is 0 Å². The molecule has 1 heterocycles. The van der Waals surface area contributed by atoms with Gasteiger partial charge in [-0.15, -0.1) is 0 Å². The second kappa shape index (κ2) is 8.62. The molecule has 1 N–H and O–H groups in total. The van der Waals surface area contributed by atoms with E-state index >= 15 is 0 Å². The molecule has 1 unspecified atom stereocenters. The highest BCUT2D eigenvalue weighted by Gasteiger charge is 2.09. The molecule has 0 aliphatic rings. The first-order valence-electron chi connectivity index (χ1n) is 8.42. The number of aromatic nitrogens is 1. The van der Waals surface area contributed by atoms with Gasteiger partial charge in [0, 0.05) is 18.5 Å². The van der Waals surface area contributed by atoms with E-state index in [0.29, 0.717) is 0 Å². The van der Waals surface area contributed by atoms with Crippen LogP contribution in [0, 0.1) is 0 Å². The maximum Gasteiger partial charge on any atom is 0.244 e.